The Bertz CT molecular complexity index is 442. The molecule has 1 aromatic carbocycles. The molecule has 0 fully saturated rings. The second-order valence-corrected chi connectivity index (χ2v) is 5.48. The monoisotopic (exact) mass is 292 g/mol. The lowest BCUT2D eigenvalue weighted by atomic mass is 10.0. The van der Waals surface area contributed by atoms with Crippen molar-refractivity contribution >= 4 is 5.91 Å². The van der Waals surface area contributed by atoms with Crippen LogP contribution in [0.1, 0.15) is 38.3 Å². The molecule has 4 heteroatoms. The number of para-hydroxylation sites is 1. The third kappa shape index (κ3) is 4.74. The summed E-state index contributed by atoms with van der Waals surface area (Å²) in [5.41, 5.74) is 1.09. The number of hydrogen-bond donors (Lipinski definition) is 1. The number of hydrogen-bond acceptors (Lipinski definition) is 3. The van der Waals surface area contributed by atoms with Crippen LogP contribution in [0.2, 0.25) is 0 Å². The van der Waals surface area contributed by atoms with Gasteiger partial charge in [0.1, 0.15) is 5.75 Å². The minimum Gasteiger partial charge on any atom is -0.496 e. The summed E-state index contributed by atoms with van der Waals surface area (Å²) in [4.78, 5) is 14.3. The molecule has 0 spiro atoms. The predicted octanol–water partition coefficient (Wildman–Crippen LogP) is 2.85. The van der Waals surface area contributed by atoms with Crippen LogP contribution >= 0.6 is 0 Å². The first-order chi connectivity index (χ1) is 10.0. The molecule has 1 aromatic rings. The third-order valence-electron chi connectivity index (χ3n) is 3.95. The summed E-state index contributed by atoms with van der Waals surface area (Å²) in [5, 5.41) is 3.08. The van der Waals surface area contributed by atoms with Gasteiger partial charge in [0.25, 0.3) is 0 Å². The first-order valence-electron chi connectivity index (χ1n) is 7.62. The molecule has 0 heterocycles. The van der Waals surface area contributed by atoms with Gasteiger partial charge in [-0.15, -0.1) is 0 Å². The van der Waals surface area contributed by atoms with Crippen molar-refractivity contribution in [2.75, 3.05) is 27.7 Å². The van der Waals surface area contributed by atoms with Crippen molar-refractivity contribution < 1.29 is 9.53 Å². The second kappa shape index (κ2) is 8.67. The number of likely N-dealkylation sites (N-methyl/N-ethyl adjacent to an activating group) is 1. The molecule has 0 aliphatic heterocycles. The van der Waals surface area contributed by atoms with Crippen LogP contribution in [0.4, 0.5) is 0 Å². The van der Waals surface area contributed by atoms with Crippen molar-refractivity contribution in [3.8, 4) is 5.75 Å². The number of rotatable bonds is 8. The molecule has 1 atom stereocenters. The third-order valence-corrected chi connectivity index (χ3v) is 3.95. The molecule has 21 heavy (non-hydrogen) atoms. The van der Waals surface area contributed by atoms with Gasteiger partial charge in [-0.25, -0.2) is 0 Å². The minimum atomic E-state index is 0.0967. The van der Waals surface area contributed by atoms with Crippen LogP contribution in [-0.4, -0.2) is 38.6 Å². The Kier molecular flexibility index (Phi) is 7.23. The van der Waals surface area contributed by atoms with Gasteiger partial charge in [0.15, 0.2) is 0 Å². The Hall–Kier alpha value is -1.55. The van der Waals surface area contributed by atoms with Gasteiger partial charge in [0, 0.05) is 18.0 Å². The molecular weight excluding hydrogens is 264 g/mol. The van der Waals surface area contributed by atoms with Gasteiger partial charge in [0.2, 0.25) is 5.91 Å². The van der Waals surface area contributed by atoms with Crippen LogP contribution in [0.25, 0.3) is 0 Å². The largest absolute Gasteiger partial charge is 0.496 e. The SMILES string of the molecule is CCC(CC)C(=O)NC[C@@H](c1ccccc1OC)N(C)C. The topological polar surface area (TPSA) is 41.6 Å². The Labute approximate surface area is 128 Å². The molecule has 0 aliphatic carbocycles. The van der Waals surface area contributed by atoms with Crippen LogP contribution in [0, 0.1) is 5.92 Å². The van der Waals surface area contributed by atoms with E-state index in [1.807, 2.05) is 38.4 Å². The van der Waals surface area contributed by atoms with E-state index in [4.69, 9.17) is 4.74 Å². The average Bonchev–Trinajstić information content (AvgIpc) is 2.48. The van der Waals surface area contributed by atoms with Gasteiger partial charge >= 0.3 is 0 Å². The Morgan fingerprint density at radius 2 is 1.86 bits per heavy atom. The number of carbonyl (C=O) groups is 1. The number of methoxy groups -OCH3 is 1. The molecule has 1 N–H and O–H groups in total. The van der Waals surface area contributed by atoms with Crippen LogP contribution in [-0.2, 0) is 4.79 Å². The highest BCUT2D eigenvalue weighted by Crippen LogP contribution is 2.27. The maximum Gasteiger partial charge on any atom is 0.223 e. The van der Waals surface area contributed by atoms with Crippen molar-refractivity contribution in [1.29, 1.82) is 0 Å². The fourth-order valence-electron chi connectivity index (χ4n) is 2.51. The van der Waals surface area contributed by atoms with Gasteiger partial charge in [-0.3, -0.25) is 4.79 Å². The fraction of sp³-hybridized carbons (Fsp3) is 0.588. The van der Waals surface area contributed by atoms with Crippen LogP contribution in [0.15, 0.2) is 24.3 Å². The molecular formula is C17H28N2O2. The molecule has 1 rings (SSSR count). The lowest BCUT2D eigenvalue weighted by molar-refractivity contribution is -0.125. The summed E-state index contributed by atoms with van der Waals surface area (Å²) in [5.74, 6) is 1.10. The number of nitrogens with zero attached hydrogens (tertiary/aromatic N) is 1. The lowest BCUT2D eigenvalue weighted by Crippen LogP contribution is -2.37. The summed E-state index contributed by atoms with van der Waals surface area (Å²) in [6.07, 6.45) is 1.76. The quantitative estimate of drug-likeness (QED) is 0.801. The molecule has 0 aromatic heterocycles. The molecule has 1 amide bonds. The Morgan fingerprint density at radius 1 is 1.24 bits per heavy atom. The first-order valence-corrected chi connectivity index (χ1v) is 7.62. The summed E-state index contributed by atoms with van der Waals surface area (Å²) >= 11 is 0. The zero-order chi connectivity index (χ0) is 15.8. The van der Waals surface area contributed by atoms with Gasteiger partial charge in [-0.2, -0.15) is 0 Å². The normalized spacial score (nSPS) is 12.5. The highest BCUT2D eigenvalue weighted by atomic mass is 16.5. The molecule has 0 radical (unpaired) electrons. The van der Waals surface area contributed by atoms with Gasteiger partial charge < -0.3 is 15.0 Å². The number of amides is 1. The van der Waals surface area contributed by atoms with E-state index in [2.05, 4.69) is 24.1 Å². The van der Waals surface area contributed by atoms with Crippen LogP contribution < -0.4 is 10.1 Å². The predicted molar refractivity (Wildman–Crippen MR) is 86.5 cm³/mol. The van der Waals surface area contributed by atoms with E-state index >= 15 is 0 Å². The molecule has 0 saturated heterocycles. The molecule has 0 saturated carbocycles. The summed E-state index contributed by atoms with van der Waals surface area (Å²) in [7, 11) is 5.70. The minimum absolute atomic E-state index is 0.0967. The second-order valence-electron chi connectivity index (χ2n) is 5.48. The van der Waals surface area contributed by atoms with Crippen LogP contribution in [0.5, 0.6) is 5.75 Å². The van der Waals surface area contributed by atoms with E-state index in [1.54, 1.807) is 7.11 Å². The molecule has 0 unspecified atom stereocenters. The van der Waals surface area contributed by atoms with Gasteiger partial charge in [0.05, 0.1) is 13.2 Å². The number of ether oxygens (including phenoxy) is 1. The number of carbonyl (C=O) groups excluding carboxylic acids is 1. The zero-order valence-corrected chi connectivity index (χ0v) is 13.8. The van der Waals surface area contributed by atoms with E-state index in [9.17, 15) is 4.79 Å². The first kappa shape index (κ1) is 17.5. The standard InChI is InChI=1S/C17H28N2O2/c1-6-13(7-2)17(20)18-12-15(19(3)4)14-10-8-9-11-16(14)21-5/h8-11,13,15H,6-7,12H2,1-5H3,(H,18,20)/t15-/m0/s1. The van der Waals surface area contributed by atoms with Gasteiger partial charge in [-0.1, -0.05) is 32.0 Å². The zero-order valence-electron chi connectivity index (χ0n) is 13.8. The number of benzene rings is 1. The van der Waals surface area contributed by atoms with E-state index in [-0.39, 0.29) is 17.9 Å². The van der Waals surface area contributed by atoms with Crippen molar-refractivity contribution in [3.05, 3.63) is 29.8 Å². The maximum absolute atomic E-state index is 12.2. The van der Waals surface area contributed by atoms with E-state index in [0.717, 1.165) is 24.2 Å². The summed E-state index contributed by atoms with van der Waals surface area (Å²) in [6, 6.07) is 8.05. The number of nitrogens with one attached hydrogen (secondary N) is 1. The van der Waals surface area contributed by atoms with Crippen LogP contribution in [0.3, 0.4) is 0 Å². The maximum atomic E-state index is 12.2. The van der Waals surface area contributed by atoms with Crippen molar-refractivity contribution in [1.82, 2.24) is 10.2 Å². The van der Waals surface area contributed by atoms with E-state index in [0.29, 0.717) is 6.54 Å². The molecule has 0 aliphatic rings. The van der Waals surface area contributed by atoms with Gasteiger partial charge in [-0.05, 0) is 33.0 Å². The fourth-order valence-corrected chi connectivity index (χ4v) is 2.51. The van der Waals surface area contributed by atoms with E-state index < -0.39 is 0 Å². The molecule has 0 bridgehead atoms. The highest BCUT2D eigenvalue weighted by molar-refractivity contribution is 5.78. The Balaban J connectivity index is 2.82. The van der Waals surface area contributed by atoms with E-state index in [1.165, 1.54) is 0 Å². The smallest absolute Gasteiger partial charge is 0.223 e. The highest BCUT2D eigenvalue weighted by Gasteiger charge is 2.21. The summed E-state index contributed by atoms with van der Waals surface area (Å²) < 4.78 is 5.43. The lowest BCUT2D eigenvalue weighted by Gasteiger charge is -2.27. The molecule has 4 nitrogen and oxygen atoms in total. The Morgan fingerprint density at radius 3 is 2.38 bits per heavy atom. The van der Waals surface area contributed by atoms with Crippen molar-refractivity contribution in [2.24, 2.45) is 5.92 Å². The van der Waals surface area contributed by atoms with Crippen molar-refractivity contribution in [3.63, 3.8) is 0 Å². The average molecular weight is 292 g/mol. The van der Waals surface area contributed by atoms with Crippen molar-refractivity contribution in [2.45, 2.75) is 32.7 Å². The molecule has 118 valence electrons. The summed E-state index contributed by atoms with van der Waals surface area (Å²) in [6.45, 7) is 4.69.